The highest BCUT2D eigenvalue weighted by Crippen LogP contribution is 2.21. The van der Waals surface area contributed by atoms with Crippen molar-refractivity contribution in [1.29, 1.82) is 0 Å². The Hall–Kier alpha value is -2.20. The fourth-order valence-corrected chi connectivity index (χ4v) is 2.04. The lowest BCUT2D eigenvalue weighted by molar-refractivity contribution is 0.0491. The molecule has 116 valence electrons. The number of benzene rings is 1. The second-order valence-corrected chi connectivity index (χ2v) is 5.54. The first kappa shape index (κ1) is 16.2. The predicted molar refractivity (Wildman–Crippen MR) is 88.5 cm³/mol. The Morgan fingerprint density at radius 3 is 2.55 bits per heavy atom. The average Bonchev–Trinajstić information content (AvgIpc) is 2.53. The molecule has 1 aromatic carbocycles. The zero-order valence-electron chi connectivity index (χ0n) is 13.2. The summed E-state index contributed by atoms with van der Waals surface area (Å²) in [6.45, 7) is 6.22. The molecule has 0 amide bonds. The quantitative estimate of drug-likeness (QED) is 0.783. The number of rotatable bonds is 7. The molecule has 2 aromatic rings. The van der Waals surface area contributed by atoms with E-state index in [1.54, 1.807) is 18.3 Å². The third-order valence-corrected chi connectivity index (χ3v) is 3.24. The molecule has 2 rings (SSSR count). The maximum Gasteiger partial charge on any atom is 0.171 e. The molecule has 0 saturated heterocycles. The number of nitrogens with one attached hydrogen (secondary N) is 1. The highest BCUT2D eigenvalue weighted by Gasteiger charge is 2.19. The van der Waals surface area contributed by atoms with E-state index < -0.39 is 0 Å². The van der Waals surface area contributed by atoms with E-state index in [4.69, 9.17) is 4.74 Å². The zero-order chi connectivity index (χ0) is 15.9. The van der Waals surface area contributed by atoms with Gasteiger partial charge in [0.2, 0.25) is 0 Å². The van der Waals surface area contributed by atoms with Crippen molar-refractivity contribution in [1.82, 2.24) is 4.98 Å². The van der Waals surface area contributed by atoms with E-state index in [0.29, 0.717) is 18.0 Å². The summed E-state index contributed by atoms with van der Waals surface area (Å²) in [5.41, 5.74) is 1.49. The number of nitrogens with zero attached hydrogens (tertiary/aromatic N) is 1. The Labute approximate surface area is 131 Å². The lowest BCUT2D eigenvalue weighted by Crippen LogP contribution is -2.20. The number of carbonyl (C=O) groups excluding carboxylic acids is 1. The van der Waals surface area contributed by atoms with Crippen LogP contribution in [0.15, 0.2) is 48.7 Å². The van der Waals surface area contributed by atoms with Crippen molar-refractivity contribution in [3.05, 3.63) is 54.2 Å². The maximum absolute atomic E-state index is 12.6. The van der Waals surface area contributed by atoms with Crippen LogP contribution in [0.2, 0.25) is 0 Å². The van der Waals surface area contributed by atoms with Gasteiger partial charge >= 0.3 is 0 Å². The average molecular weight is 298 g/mol. The van der Waals surface area contributed by atoms with Gasteiger partial charge in [-0.25, -0.2) is 4.98 Å². The molecule has 0 saturated carbocycles. The molecular weight excluding hydrogens is 276 g/mol. The lowest BCUT2D eigenvalue weighted by atomic mass is 10.0. The number of pyridine rings is 1. The largest absolute Gasteiger partial charge is 0.378 e. The van der Waals surface area contributed by atoms with Gasteiger partial charge in [-0.05, 0) is 38.1 Å². The number of aromatic nitrogens is 1. The molecule has 0 aliphatic heterocycles. The maximum atomic E-state index is 12.6. The molecule has 0 spiro atoms. The summed E-state index contributed by atoms with van der Waals surface area (Å²) in [5.74, 6) is 0.408. The Kier molecular flexibility index (Phi) is 5.67. The molecule has 4 heteroatoms. The zero-order valence-corrected chi connectivity index (χ0v) is 13.2. The highest BCUT2D eigenvalue weighted by atomic mass is 16.5. The Bertz CT molecular complexity index is 611. The third-order valence-electron chi connectivity index (χ3n) is 3.24. The van der Waals surface area contributed by atoms with Crippen LogP contribution in [0.25, 0.3) is 0 Å². The van der Waals surface area contributed by atoms with Gasteiger partial charge in [0.1, 0.15) is 5.82 Å². The molecular formula is C18H22N2O2. The Balaban J connectivity index is 2.15. The minimum absolute atomic E-state index is 0.0344. The molecule has 0 aliphatic carbocycles. The Morgan fingerprint density at radius 1 is 1.14 bits per heavy atom. The second-order valence-electron chi connectivity index (χ2n) is 5.54. The molecule has 0 bridgehead atoms. The highest BCUT2D eigenvalue weighted by molar-refractivity contribution is 6.02. The van der Waals surface area contributed by atoms with E-state index in [-0.39, 0.29) is 17.8 Å². The monoisotopic (exact) mass is 298 g/mol. The van der Waals surface area contributed by atoms with Crippen LogP contribution in [-0.2, 0) is 4.74 Å². The van der Waals surface area contributed by atoms with Crippen LogP contribution in [0.5, 0.6) is 0 Å². The summed E-state index contributed by atoms with van der Waals surface area (Å²) < 4.78 is 5.54. The molecule has 1 heterocycles. The van der Waals surface area contributed by atoms with Crippen molar-refractivity contribution in [2.75, 3.05) is 11.9 Å². The topological polar surface area (TPSA) is 51.2 Å². The fraction of sp³-hybridized carbons (Fsp3) is 0.333. The van der Waals surface area contributed by atoms with Crippen LogP contribution >= 0.6 is 0 Å². The van der Waals surface area contributed by atoms with E-state index in [1.165, 1.54) is 0 Å². The number of anilines is 2. The van der Waals surface area contributed by atoms with Crippen LogP contribution < -0.4 is 5.32 Å². The van der Waals surface area contributed by atoms with Crippen molar-refractivity contribution in [2.45, 2.75) is 26.9 Å². The summed E-state index contributed by atoms with van der Waals surface area (Å²) in [6.07, 6.45) is 1.79. The number of hydrogen-bond acceptors (Lipinski definition) is 4. The van der Waals surface area contributed by atoms with Gasteiger partial charge in [0, 0.05) is 17.8 Å². The molecule has 0 fully saturated rings. The number of para-hydroxylation sites is 1. The molecule has 1 aromatic heterocycles. The van der Waals surface area contributed by atoms with Gasteiger partial charge < -0.3 is 10.1 Å². The molecule has 1 atom stereocenters. The SMILES string of the molecule is CC(C)OCC(C)C(=O)c1cccnc1Nc1ccccc1. The van der Waals surface area contributed by atoms with E-state index in [0.717, 1.165) is 5.69 Å². The second kappa shape index (κ2) is 7.71. The molecule has 1 unspecified atom stereocenters. The first-order valence-electron chi connectivity index (χ1n) is 7.51. The standard InChI is InChI=1S/C18H22N2O2/c1-13(2)22-12-14(3)17(21)16-10-7-11-19-18(16)20-15-8-5-4-6-9-15/h4-11,13-14H,12H2,1-3H3,(H,19,20). The summed E-state index contributed by atoms with van der Waals surface area (Å²) in [6, 6.07) is 13.3. The summed E-state index contributed by atoms with van der Waals surface area (Å²) in [5, 5.41) is 3.20. The summed E-state index contributed by atoms with van der Waals surface area (Å²) in [4.78, 5) is 16.9. The number of carbonyl (C=O) groups is 1. The van der Waals surface area contributed by atoms with Crippen LogP contribution in [0.1, 0.15) is 31.1 Å². The van der Waals surface area contributed by atoms with Gasteiger partial charge in [-0.1, -0.05) is 25.1 Å². The van der Waals surface area contributed by atoms with Crippen LogP contribution in [0, 0.1) is 5.92 Å². The van der Waals surface area contributed by atoms with Gasteiger partial charge in [-0.15, -0.1) is 0 Å². The number of Topliss-reactive ketones (excluding diaryl/α,β-unsaturated/α-hetero) is 1. The van der Waals surface area contributed by atoms with E-state index >= 15 is 0 Å². The van der Waals surface area contributed by atoms with Gasteiger partial charge in [-0.3, -0.25) is 4.79 Å². The van der Waals surface area contributed by atoms with Crippen molar-refractivity contribution >= 4 is 17.3 Å². The van der Waals surface area contributed by atoms with Gasteiger partial charge in [-0.2, -0.15) is 0 Å². The molecule has 1 N–H and O–H groups in total. The first-order valence-corrected chi connectivity index (χ1v) is 7.51. The number of ether oxygens (including phenoxy) is 1. The van der Waals surface area contributed by atoms with E-state index in [1.807, 2.05) is 51.1 Å². The fourth-order valence-electron chi connectivity index (χ4n) is 2.04. The minimum Gasteiger partial charge on any atom is -0.378 e. The van der Waals surface area contributed by atoms with E-state index in [2.05, 4.69) is 10.3 Å². The predicted octanol–water partition coefficient (Wildman–Crippen LogP) is 4.07. The molecule has 4 nitrogen and oxygen atoms in total. The number of hydrogen-bond donors (Lipinski definition) is 1. The molecule has 0 aliphatic rings. The van der Waals surface area contributed by atoms with Crippen molar-refractivity contribution < 1.29 is 9.53 Å². The lowest BCUT2D eigenvalue weighted by Gasteiger charge is -2.15. The van der Waals surface area contributed by atoms with Crippen molar-refractivity contribution in [3.8, 4) is 0 Å². The summed E-state index contributed by atoms with van der Waals surface area (Å²) in [7, 11) is 0. The first-order chi connectivity index (χ1) is 10.6. The normalized spacial score (nSPS) is 12.2. The van der Waals surface area contributed by atoms with Gasteiger partial charge in [0.25, 0.3) is 0 Å². The minimum atomic E-state index is -0.206. The smallest absolute Gasteiger partial charge is 0.171 e. The van der Waals surface area contributed by atoms with Crippen LogP contribution in [-0.4, -0.2) is 23.5 Å². The molecule has 22 heavy (non-hydrogen) atoms. The third kappa shape index (κ3) is 4.40. The van der Waals surface area contributed by atoms with Crippen molar-refractivity contribution in [2.24, 2.45) is 5.92 Å². The van der Waals surface area contributed by atoms with Gasteiger partial charge in [0.05, 0.1) is 18.3 Å². The van der Waals surface area contributed by atoms with Gasteiger partial charge in [0.15, 0.2) is 5.78 Å². The number of ketones is 1. The van der Waals surface area contributed by atoms with Crippen LogP contribution in [0.3, 0.4) is 0 Å². The van der Waals surface area contributed by atoms with E-state index in [9.17, 15) is 4.79 Å². The van der Waals surface area contributed by atoms with Crippen LogP contribution in [0.4, 0.5) is 11.5 Å². The Morgan fingerprint density at radius 2 is 1.86 bits per heavy atom. The molecule has 0 radical (unpaired) electrons. The van der Waals surface area contributed by atoms with Crippen molar-refractivity contribution in [3.63, 3.8) is 0 Å². The summed E-state index contributed by atoms with van der Waals surface area (Å²) >= 11 is 0.